The summed E-state index contributed by atoms with van der Waals surface area (Å²) in [6.45, 7) is 0.218. The van der Waals surface area contributed by atoms with Gasteiger partial charge in [0.25, 0.3) is 5.91 Å². The number of hydrogen-bond donors (Lipinski definition) is 3. The fraction of sp³-hybridized carbons (Fsp3) is 0.222. The Hall–Kier alpha value is -2.71. The van der Waals surface area contributed by atoms with Crippen LogP contribution >= 0.6 is 0 Å². The van der Waals surface area contributed by atoms with Crippen LogP contribution in [0.4, 0.5) is 4.79 Å². The van der Waals surface area contributed by atoms with Crippen molar-refractivity contribution in [3.63, 3.8) is 0 Å². The number of carbonyl (C=O) groups is 2. The van der Waals surface area contributed by atoms with Gasteiger partial charge in [-0.05, 0) is 23.1 Å². The van der Waals surface area contributed by atoms with Crippen LogP contribution in [0.25, 0.3) is 11.1 Å². The minimum absolute atomic E-state index is 0.218. The molecule has 0 saturated carbocycles. The first-order valence-electron chi connectivity index (χ1n) is 8.16. The van der Waals surface area contributed by atoms with Crippen molar-refractivity contribution in [2.24, 2.45) is 0 Å². The van der Waals surface area contributed by atoms with Gasteiger partial charge in [0.2, 0.25) is 10.0 Å². The van der Waals surface area contributed by atoms with Gasteiger partial charge in [-0.2, -0.15) is 0 Å². The van der Waals surface area contributed by atoms with Crippen molar-refractivity contribution in [2.45, 2.75) is 12.5 Å². The zero-order valence-electron chi connectivity index (χ0n) is 13.9. The molecule has 0 aliphatic carbocycles. The van der Waals surface area contributed by atoms with Crippen LogP contribution in [0.1, 0.15) is 5.56 Å². The van der Waals surface area contributed by atoms with Crippen molar-refractivity contribution in [1.82, 2.24) is 15.4 Å². The smallest absolute Gasteiger partial charge is 0.322 e. The van der Waals surface area contributed by atoms with Gasteiger partial charge in [0.05, 0.1) is 5.75 Å². The molecule has 1 aliphatic rings. The fourth-order valence-electron chi connectivity index (χ4n) is 2.70. The molecule has 0 aromatic heterocycles. The van der Waals surface area contributed by atoms with Crippen molar-refractivity contribution < 1.29 is 18.0 Å². The molecule has 8 heteroatoms. The maximum Gasteiger partial charge on any atom is 0.322 e. The Morgan fingerprint density at radius 3 is 2.19 bits per heavy atom. The largest absolute Gasteiger partial charge is 0.325 e. The molecule has 3 amide bonds. The molecule has 2 aromatic carbocycles. The first-order chi connectivity index (χ1) is 12.4. The molecule has 26 heavy (non-hydrogen) atoms. The summed E-state index contributed by atoms with van der Waals surface area (Å²) in [5, 5.41) is 4.28. The molecule has 0 bridgehead atoms. The van der Waals surface area contributed by atoms with E-state index in [1.54, 1.807) is 0 Å². The predicted octanol–water partition coefficient (Wildman–Crippen LogP) is 1.02. The summed E-state index contributed by atoms with van der Waals surface area (Å²) in [7, 11) is -3.67. The number of urea groups is 1. The molecule has 0 radical (unpaired) electrons. The Morgan fingerprint density at radius 1 is 0.923 bits per heavy atom. The van der Waals surface area contributed by atoms with Gasteiger partial charge in [-0.1, -0.05) is 54.6 Å². The quantitative estimate of drug-likeness (QED) is 0.630. The maximum absolute atomic E-state index is 12.0. The molecule has 1 atom stereocenters. The molecular weight excluding hydrogens is 354 g/mol. The zero-order chi connectivity index (χ0) is 18.6. The van der Waals surface area contributed by atoms with E-state index in [9.17, 15) is 18.0 Å². The van der Waals surface area contributed by atoms with Gasteiger partial charge >= 0.3 is 6.03 Å². The molecule has 1 heterocycles. The molecule has 1 fully saturated rings. The van der Waals surface area contributed by atoms with E-state index in [4.69, 9.17) is 0 Å². The lowest BCUT2D eigenvalue weighted by Crippen LogP contribution is -2.41. The second-order valence-corrected chi connectivity index (χ2v) is 7.86. The second-order valence-electron chi connectivity index (χ2n) is 6.00. The van der Waals surface area contributed by atoms with Crippen molar-refractivity contribution in [2.75, 3.05) is 12.3 Å². The van der Waals surface area contributed by atoms with Crippen LogP contribution in [0.15, 0.2) is 54.6 Å². The highest BCUT2D eigenvalue weighted by molar-refractivity contribution is 7.89. The van der Waals surface area contributed by atoms with Gasteiger partial charge in [0, 0.05) is 6.54 Å². The first-order valence-corrected chi connectivity index (χ1v) is 9.81. The van der Waals surface area contributed by atoms with E-state index >= 15 is 0 Å². The standard InChI is InChI=1S/C18H19N3O4S/c22-17-16(20-18(23)21-17)12-26(24,25)19-11-10-13-6-8-15(9-7-13)14-4-2-1-3-5-14/h1-9,16,19H,10-12H2,(H2,20,21,22,23)/t16-/m0/s1. The molecular formula is C18H19N3O4S. The van der Waals surface area contributed by atoms with Crippen LogP contribution < -0.4 is 15.4 Å². The third-order valence-corrected chi connectivity index (χ3v) is 5.46. The number of carbonyl (C=O) groups excluding carboxylic acids is 2. The summed E-state index contributed by atoms with van der Waals surface area (Å²) < 4.78 is 26.5. The Labute approximate surface area is 151 Å². The number of sulfonamides is 1. The lowest BCUT2D eigenvalue weighted by atomic mass is 10.0. The normalized spacial score (nSPS) is 17.0. The van der Waals surface area contributed by atoms with Gasteiger partial charge in [-0.3, -0.25) is 10.1 Å². The van der Waals surface area contributed by atoms with Crippen LogP contribution in [0.2, 0.25) is 0 Å². The van der Waals surface area contributed by atoms with Crippen LogP contribution in [-0.4, -0.2) is 38.7 Å². The van der Waals surface area contributed by atoms with E-state index in [0.717, 1.165) is 16.7 Å². The topological polar surface area (TPSA) is 104 Å². The summed E-state index contributed by atoms with van der Waals surface area (Å²) in [5.74, 6) is -1.10. The average molecular weight is 373 g/mol. The number of hydrogen-bond acceptors (Lipinski definition) is 4. The number of amides is 3. The summed E-state index contributed by atoms with van der Waals surface area (Å²) in [5.41, 5.74) is 3.22. The number of imide groups is 1. The second kappa shape index (κ2) is 7.67. The lowest BCUT2D eigenvalue weighted by Gasteiger charge is -2.10. The van der Waals surface area contributed by atoms with Gasteiger partial charge in [-0.25, -0.2) is 17.9 Å². The molecule has 3 N–H and O–H groups in total. The van der Waals surface area contributed by atoms with E-state index in [1.807, 2.05) is 59.9 Å². The monoisotopic (exact) mass is 373 g/mol. The molecule has 3 rings (SSSR count). The summed E-state index contributed by atoms with van der Waals surface area (Å²) in [6.07, 6.45) is 0.525. The maximum atomic E-state index is 12.0. The van der Waals surface area contributed by atoms with E-state index < -0.39 is 33.8 Å². The first kappa shape index (κ1) is 18.1. The molecule has 0 spiro atoms. The van der Waals surface area contributed by atoms with Gasteiger partial charge in [0.1, 0.15) is 6.04 Å². The van der Waals surface area contributed by atoms with Crippen molar-refractivity contribution >= 4 is 22.0 Å². The molecule has 1 saturated heterocycles. The molecule has 7 nitrogen and oxygen atoms in total. The number of rotatable bonds is 7. The average Bonchev–Trinajstić information content (AvgIpc) is 2.92. The molecule has 0 unspecified atom stereocenters. The van der Waals surface area contributed by atoms with E-state index in [2.05, 4.69) is 10.0 Å². The summed E-state index contributed by atoms with van der Waals surface area (Å²) in [6, 6.07) is 16.2. The Morgan fingerprint density at radius 2 is 1.58 bits per heavy atom. The highest BCUT2D eigenvalue weighted by Gasteiger charge is 2.33. The van der Waals surface area contributed by atoms with Crippen molar-refractivity contribution in [1.29, 1.82) is 0 Å². The Kier molecular flexibility index (Phi) is 5.34. The highest BCUT2D eigenvalue weighted by atomic mass is 32.2. The van der Waals surface area contributed by atoms with E-state index in [0.29, 0.717) is 6.42 Å². The Balaban J connectivity index is 1.51. The lowest BCUT2D eigenvalue weighted by molar-refractivity contribution is -0.119. The van der Waals surface area contributed by atoms with Crippen LogP contribution in [0.5, 0.6) is 0 Å². The summed E-state index contributed by atoms with van der Waals surface area (Å²) in [4.78, 5) is 22.4. The van der Waals surface area contributed by atoms with Crippen molar-refractivity contribution in [3.8, 4) is 11.1 Å². The van der Waals surface area contributed by atoms with Gasteiger partial charge in [-0.15, -0.1) is 0 Å². The predicted molar refractivity (Wildman–Crippen MR) is 97.8 cm³/mol. The van der Waals surface area contributed by atoms with E-state index in [-0.39, 0.29) is 6.54 Å². The third kappa shape index (κ3) is 4.68. The van der Waals surface area contributed by atoms with Crippen LogP contribution in [0.3, 0.4) is 0 Å². The molecule has 2 aromatic rings. The molecule has 136 valence electrons. The highest BCUT2D eigenvalue weighted by Crippen LogP contribution is 2.19. The minimum atomic E-state index is -3.67. The van der Waals surface area contributed by atoms with Gasteiger partial charge in [0.15, 0.2) is 0 Å². The van der Waals surface area contributed by atoms with Crippen molar-refractivity contribution in [3.05, 3.63) is 60.2 Å². The van der Waals surface area contributed by atoms with Gasteiger partial charge < -0.3 is 5.32 Å². The summed E-state index contributed by atoms with van der Waals surface area (Å²) >= 11 is 0. The van der Waals surface area contributed by atoms with E-state index in [1.165, 1.54) is 0 Å². The Bertz CT molecular complexity index is 896. The zero-order valence-corrected chi connectivity index (χ0v) is 14.8. The number of nitrogens with one attached hydrogen (secondary N) is 3. The SMILES string of the molecule is O=C1NC(=O)[C@H](CS(=O)(=O)NCCc2ccc(-c3ccccc3)cc2)N1. The van der Waals surface area contributed by atoms with Crippen LogP contribution in [0, 0.1) is 0 Å². The minimum Gasteiger partial charge on any atom is -0.325 e. The number of benzene rings is 2. The fourth-order valence-corrected chi connectivity index (χ4v) is 3.90. The van der Waals surface area contributed by atoms with Crippen LogP contribution in [-0.2, 0) is 21.2 Å². The molecule has 1 aliphatic heterocycles. The third-order valence-electron chi connectivity index (χ3n) is 4.04.